The minimum atomic E-state index is -1.09. The third kappa shape index (κ3) is 1.91. The smallest absolute Gasteiger partial charge is 0.320 e. The van der Waals surface area contributed by atoms with Crippen LogP contribution in [-0.4, -0.2) is 28.1 Å². The Hall–Kier alpha value is -1.17. The maximum Gasteiger partial charge on any atom is 0.320 e. The third-order valence-electron chi connectivity index (χ3n) is 2.03. The summed E-state index contributed by atoms with van der Waals surface area (Å²) in [6, 6.07) is -1.52. The molecule has 0 spiro atoms. The maximum atomic E-state index is 10.2. The van der Waals surface area contributed by atoms with Crippen LogP contribution in [0.2, 0.25) is 0 Å². The summed E-state index contributed by atoms with van der Waals surface area (Å²) in [5.41, 5.74) is 5.20. The Balaban J connectivity index is 2.27. The fraction of sp³-hybridized carbons (Fsp3) is 0.833. The molecule has 0 bridgehead atoms. The molecule has 68 valence electrons. The van der Waals surface area contributed by atoms with Crippen molar-refractivity contribution in [2.75, 3.05) is 0 Å². The first-order valence-corrected chi connectivity index (χ1v) is 3.64. The molecule has 1 aliphatic carbocycles. The van der Waals surface area contributed by atoms with Gasteiger partial charge in [0.05, 0.1) is 0 Å². The summed E-state index contributed by atoms with van der Waals surface area (Å²) < 4.78 is 0. The predicted molar refractivity (Wildman–Crippen MR) is 39.1 cm³/mol. The van der Waals surface area contributed by atoms with E-state index in [9.17, 15) is 14.9 Å². The number of hydrogen-bond acceptors (Lipinski definition) is 4. The summed E-state index contributed by atoms with van der Waals surface area (Å²) in [6.45, 7) is 0. The van der Waals surface area contributed by atoms with Crippen molar-refractivity contribution in [3.63, 3.8) is 0 Å². The molecule has 1 saturated carbocycles. The number of nitro groups is 1. The van der Waals surface area contributed by atoms with E-state index in [-0.39, 0.29) is 17.3 Å². The van der Waals surface area contributed by atoms with Crippen molar-refractivity contribution in [2.24, 2.45) is 11.7 Å². The van der Waals surface area contributed by atoms with Crippen LogP contribution < -0.4 is 5.73 Å². The van der Waals surface area contributed by atoms with E-state index in [1.165, 1.54) is 0 Å². The average molecular weight is 174 g/mol. The lowest BCUT2D eigenvalue weighted by Gasteiger charge is -2.02. The first-order chi connectivity index (χ1) is 5.52. The molecule has 0 unspecified atom stereocenters. The lowest BCUT2D eigenvalue weighted by atomic mass is 10.1. The summed E-state index contributed by atoms with van der Waals surface area (Å²) in [7, 11) is 0. The predicted octanol–water partition coefficient (Wildman–Crippen LogP) is -0.546. The highest BCUT2D eigenvalue weighted by Crippen LogP contribution is 2.36. The molecule has 3 N–H and O–H groups in total. The zero-order chi connectivity index (χ0) is 9.30. The van der Waals surface area contributed by atoms with Gasteiger partial charge in [-0.3, -0.25) is 14.9 Å². The number of nitrogens with zero attached hydrogens (tertiary/aromatic N) is 1. The number of carboxylic acids is 1. The van der Waals surface area contributed by atoms with Crippen LogP contribution >= 0.6 is 0 Å². The fourth-order valence-electron chi connectivity index (χ4n) is 1.17. The molecule has 0 aromatic carbocycles. The van der Waals surface area contributed by atoms with E-state index in [2.05, 4.69) is 0 Å². The summed E-state index contributed by atoms with van der Waals surface area (Å²) >= 11 is 0. The first-order valence-electron chi connectivity index (χ1n) is 3.64. The van der Waals surface area contributed by atoms with Gasteiger partial charge in [-0.05, 0) is 6.42 Å². The molecule has 6 heteroatoms. The summed E-state index contributed by atoms with van der Waals surface area (Å²) in [5, 5.41) is 18.5. The van der Waals surface area contributed by atoms with Crippen molar-refractivity contribution >= 4 is 5.97 Å². The van der Waals surface area contributed by atoms with E-state index >= 15 is 0 Å². The van der Waals surface area contributed by atoms with E-state index in [1.54, 1.807) is 0 Å². The normalized spacial score (nSPS) is 29.4. The molecule has 0 aliphatic heterocycles. The average Bonchev–Trinajstić information content (AvgIpc) is 2.67. The van der Waals surface area contributed by atoms with Gasteiger partial charge in [-0.2, -0.15) is 0 Å². The second-order valence-corrected chi connectivity index (χ2v) is 3.03. The highest BCUT2D eigenvalue weighted by atomic mass is 16.6. The standard InChI is InChI=1S/C6H10N2O4/c7-4(6(9)10)1-3-2-5(3)8(11)12/h3-5H,1-2,7H2,(H,9,10)/t3-,4-,5-/m0/s1. The molecule has 0 heterocycles. The lowest BCUT2D eigenvalue weighted by molar-refractivity contribution is -0.498. The molecular weight excluding hydrogens is 164 g/mol. The van der Waals surface area contributed by atoms with Gasteiger partial charge in [-0.25, -0.2) is 0 Å². The molecule has 0 saturated heterocycles. The van der Waals surface area contributed by atoms with Crippen LogP contribution in [0, 0.1) is 16.0 Å². The van der Waals surface area contributed by atoms with Crippen molar-refractivity contribution in [2.45, 2.75) is 24.9 Å². The molecule has 1 rings (SSSR count). The highest BCUT2D eigenvalue weighted by molar-refractivity contribution is 5.73. The van der Waals surface area contributed by atoms with Gasteiger partial charge in [0.2, 0.25) is 6.04 Å². The number of aliphatic carboxylic acids is 1. The van der Waals surface area contributed by atoms with Crippen LogP contribution in [0.4, 0.5) is 0 Å². The molecule has 12 heavy (non-hydrogen) atoms. The quantitative estimate of drug-likeness (QED) is 0.439. The van der Waals surface area contributed by atoms with Crippen molar-refractivity contribution < 1.29 is 14.8 Å². The number of nitrogens with two attached hydrogens (primary N) is 1. The second kappa shape index (κ2) is 3.06. The van der Waals surface area contributed by atoms with Crippen LogP contribution in [0.25, 0.3) is 0 Å². The zero-order valence-corrected chi connectivity index (χ0v) is 6.34. The largest absolute Gasteiger partial charge is 0.480 e. The minimum absolute atomic E-state index is 0.133. The topological polar surface area (TPSA) is 106 Å². The Labute approximate surface area is 68.5 Å². The summed E-state index contributed by atoms with van der Waals surface area (Å²) in [6.07, 6.45) is 0.676. The zero-order valence-electron chi connectivity index (χ0n) is 6.34. The second-order valence-electron chi connectivity index (χ2n) is 3.03. The maximum absolute atomic E-state index is 10.2. The Morgan fingerprint density at radius 1 is 1.83 bits per heavy atom. The van der Waals surface area contributed by atoms with Crippen LogP contribution in [0.5, 0.6) is 0 Å². The lowest BCUT2D eigenvalue weighted by Crippen LogP contribution is -2.31. The van der Waals surface area contributed by atoms with Gasteiger partial charge >= 0.3 is 5.97 Å². The number of rotatable bonds is 4. The summed E-state index contributed by atoms with van der Waals surface area (Å²) in [5.74, 6) is -1.23. The van der Waals surface area contributed by atoms with Gasteiger partial charge in [-0.1, -0.05) is 0 Å². The first kappa shape index (κ1) is 8.92. The van der Waals surface area contributed by atoms with Crippen LogP contribution in [-0.2, 0) is 4.79 Å². The molecule has 0 amide bonds. The molecule has 0 radical (unpaired) electrons. The molecular formula is C6H10N2O4. The van der Waals surface area contributed by atoms with Gasteiger partial charge < -0.3 is 10.8 Å². The van der Waals surface area contributed by atoms with Crippen LogP contribution in [0.1, 0.15) is 12.8 Å². The molecule has 0 aromatic rings. The van der Waals surface area contributed by atoms with Gasteiger partial charge in [0.25, 0.3) is 0 Å². The van der Waals surface area contributed by atoms with Crippen molar-refractivity contribution in [1.82, 2.24) is 0 Å². The Kier molecular flexibility index (Phi) is 2.27. The van der Waals surface area contributed by atoms with Gasteiger partial charge in [0, 0.05) is 17.3 Å². The van der Waals surface area contributed by atoms with Gasteiger partial charge in [0.1, 0.15) is 6.04 Å². The molecule has 6 nitrogen and oxygen atoms in total. The van der Waals surface area contributed by atoms with Crippen LogP contribution in [0.15, 0.2) is 0 Å². The third-order valence-corrected chi connectivity index (χ3v) is 2.03. The monoisotopic (exact) mass is 174 g/mol. The Morgan fingerprint density at radius 3 is 2.75 bits per heavy atom. The van der Waals surface area contributed by atoms with Crippen molar-refractivity contribution in [3.05, 3.63) is 10.1 Å². The number of hydrogen-bond donors (Lipinski definition) is 2. The number of carboxylic acid groups (broad SMARTS) is 1. The van der Waals surface area contributed by atoms with E-state index in [1.807, 2.05) is 0 Å². The van der Waals surface area contributed by atoms with Gasteiger partial charge in [-0.15, -0.1) is 0 Å². The summed E-state index contributed by atoms with van der Waals surface area (Å²) in [4.78, 5) is 20.0. The fourth-order valence-corrected chi connectivity index (χ4v) is 1.17. The Bertz CT molecular complexity index is 218. The minimum Gasteiger partial charge on any atom is -0.480 e. The van der Waals surface area contributed by atoms with E-state index in [0.29, 0.717) is 6.42 Å². The van der Waals surface area contributed by atoms with Crippen molar-refractivity contribution in [1.29, 1.82) is 0 Å². The van der Waals surface area contributed by atoms with E-state index in [0.717, 1.165) is 0 Å². The highest BCUT2D eigenvalue weighted by Gasteiger charge is 2.49. The molecule has 1 aliphatic rings. The molecule has 0 aromatic heterocycles. The van der Waals surface area contributed by atoms with Crippen molar-refractivity contribution in [3.8, 4) is 0 Å². The Morgan fingerprint density at radius 2 is 2.42 bits per heavy atom. The molecule has 3 atom stereocenters. The molecule has 1 fully saturated rings. The number of carbonyl (C=O) groups is 1. The van der Waals surface area contributed by atoms with Gasteiger partial charge in [0.15, 0.2) is 0 Å². The van der Waals surface area contributed by atoms with E-state index in [4.69, 9.17) is 10.8 Å². The van der Waals surface area contributed by atoms with E-state index < -0.39 is 18.1 Å². The van der Waals surface area contributed by atoms with Crippen LogP contribution in [0.3, 0.4) is 0 Å². The SMILES string of the molecule is N[C@@H](C[C@H]1C[C@@H]1[N+](=O)[O-])C(=O)O.